The van der Waals surface area contributed by atoms with Gasteiger partial charge in [-0.15, -0.1) is 0 Å². The highest BCUT2D eigenvalue weighted by atomic mass is 16.5. The van der Waals surface area contributed by atoms with Crippen LogP contribution in [-0.4, -0.2) is 20.3 Å². The van der Waals surface area contributed by atoms with Crippen molar-refractivity contribution in [3.05, 3.63) is 33.9 Å². The average Bonchev–Trinajstić information content (AvgIpc) is 2.25. The zero-order chi connectivity index (χ0) is 12.1. The molecular weight excluding hydrogens is 198 g/mol. The Hall–Kier alpha value is -0.860. The summed E-state index contributed by atoms with van der Waals surface area (Å²) < 4.78 is 5.03. The quantitative estimate of drug-likeness (QED) is 0.772. The lowest BCUT2D eigenvalue weighted by Crippen LogP contribution is -2.20. The van der Waals surface area contributed by atoms with Crippen LogP contribution in [0.5, 0.6) is 0 Å². The molecular formula is C14H23NO. The van der Waals surface area contributed by atoms with E-state index in [1.807, 2.05) is 0 Å². The fourth-order valence-corrected chi connectivity index (χ4v) is 1.95. The van der Waals surface area contributed by atoms with Crippen molar-refractivity contribution in [1.82, 2.24) is 5.32 Å². The summed E-state index contributed by atoms with van der Waals surface area (Å²) in [4.78, 5) is 0. The van der Waals surface area contributed by atoms with Gasteiger partial charge in [-0.1, -0.05) is 6.07 Å². The summed E-state index contributed by atoms with van der Waals surface area (Å²) in [6.07, 6.45) is 0. The van der Waals surface area contributed by atoms with Crippen molar-refractivity contribution in [3.63, 3.8) is 0 Å². The molecule has 2 heteroatoms. The minimum absolute atomic E-state index is 0.767. The normalized spacial score (nSPS) is 10.8. The zero-order valence-electron chi connectivity index (χ0n) is 11.1. The third-order valence-electron chi connectivity index (χ3n) is 3.31. The fourth-order valence-electron chi connectivity index (χ4n) is 1.95. The molecule has 0 saturated heterocycles. The van der Waals surface area contributed by atoms with Crippen molar-refractivity contribution in [3.8, 4) is 0 Å². The Balaban J connectivity index is 2.78. The molecule has 1 N–H and O–H groups in total. The summed E-state index contributed by atoms with van der Waals surface area (Å²) in [5.41, 5.74) is 7.02. The Kier molecular flexibility index (Phi) is 4.97. The lowest BCUT2D eigenvalue weighted by molar-refractivity contribution is 0.199. The lowest BCUT2D eigenvalue weighted by atomic mass is 9.94. The van der Waals surface area contributed by atoms with Crippen LogP contribution in [0.2, 0.25) is 0 Å². The molecule has 0 radical (unpaired) electrons. The van der Waals surface area contributed by atoms with Gasteiger partial charge in [0.1, 0.15) is 0 Å². The Bertz CT molecular complexity index is 332. The van der Waals surface area contributed by atoms with E-state index in [1.54, 1.807) is 7.11 Å². The highest BCUT2D eigenvalue weighted by molar-refractivity contribution is 5.43. The number of nitrogens with one attached hydrogen (secondary N) is 1. The van der Waals surface area contributed by atoms with Crippen LogP contribution in [0, 0.1) is 27.7 Å². The summed E-state index contributed by atoms with van der Waals surface area (Å²) in [5, 5.41) is 3.41. The maximum absolute atomic E-state index is 5.03. The largest absolute Gasteiger partial charge is 0.383 e. The second kappa shape index (κ2) is 6.02. The first kappa shape index (κ1) is 13.2. The van der Waals surface area contributed by atoms with E-state index in [9.17, 15) is 0 Å². The van der Waals surface area contributed by atoms with Crippen LogP contribution >= 0.6 is 0 Å². The summed E-state index contributed by atoms with van der Waals surface area (Å²) in [5.74, 6) is 0. The molecule has 90 valence electrons. The van der Waals surface area contributed by atoms with Crippen molar-refractivity contribution in [2.24, 2.45) is 0 Å². The second-order valence-electron chi connectivity index (χ2n) is 4.41. The number of rotatable bonds is 5. The van der Waals surface area contributed by atoms with Crippen LogP contribution in [0.3, 0.4) is 0 Å². The van der Waals surface area contributed by atoms with Gasteiger partial charge in [-0.25, -0.2) is 0 Å². The van der Waals surface area contributed by atoms with Gasteiger partial charge in [0, 0.05) is 20.2 Å². The molecule has 0 fully saturated rings. The van der Waals surface area contributed by atoms with Crippen LogP contribution in [-0.2, 0) is 11.3 Å². The summed E-state index contributed by atoms with van der Waals surface area (Å²) in [6, 6.07) is 2.27. The van der Waals surface area contributed by atoms with Crippen LogP contribution in [0.1, 0.15) is 27.8 Å². The van der Waals surface area contributed by atoms with Gasteiger partial charge in [0.15, 0.2) is 0 Å². The Morgan fingerprint density at radius 3 is 2.12 bits per heavy atom. The van der Waals surface area contributed by atoms with E-state index in [0.717, 1.165) is 19.7 Å². The van der Waals surface area contributed by atoms with E-state index in [4.69, 9.17) is 4.74 Å². The van der Waals surface area contributed by atoms with Crippen LogP contribution < -0.4 is 5.32 Å². The number of aryl methyl sites for hydroxylation is 2. The average molecular weight is 221 g/mol. The van der Waals surface area contributed by atoms with E-state index in [-0.39, 0.29) is 0 Å². The molecule has 0 aromatic heterocycles. The van der Waals surface area contributed by atoms with Gasteiger partial charge in [0.2, 0.25) is 0 Å². The first-order valence-corrected chi connectivity index (χ1v) is 5.83. The molecule has 1 rings (SSSR count). The predicted molar refractivity (Wildman–Crippen MR) is 69.0 cm³/mol. The highest BCUT2D eigenvalue weighted by Gasteiger charge is 2.07. The smallest absolute Gasteiger partial charge is 0.0587 e. The van der Waals surface area contributed by atoms with E-state index in [1.165, 1.54) is 27.8 Å². The Morgan fingerprint density at radius 2 is 1.62 bits per heavy atom. The molecule has 1 aromatic carbocycles. The first-order chi connectivity index (χ1) is 7.57. The van der Waals surface area contributed by atoms with Crippen molar-refractivity contribution < 1.29 is 4.74 Å². The maximum atomic E-state index is 5.03. The maximum Gasteiger partial charge on any atom is 0.0587 e. The molecule has 0 amide bonds. The predicted octanol–water partition coefficient (Wildman–Crippen LogP) is 2.66. The fraction of sp³-hybridized carbons (Fsp3) is 0.571. The monoisotopic (exact) mass is 221 g/mol. The molecule has 0 bridgehead atoms. The molecule has 0 unspecified atom stereocenters. The molecule has 0 aliphatic heterocycles. The SMILES string of the molecule is COCCNCc1c(C)c(C)cc(C)c1C. The van der Waals surface area contributed by atoms with Gasteiger partial charge in [0.25, 0.3) is 0 Å². The second-order valence-corrected chi connectivity index (χ2v) is 4.41. The van der Waals surface area contributed by atoms with Gasteiger partial charge in [0.05, 0.1) is 6.61 Å². The number of methoxy groups -OCH3 is 1. The Labute approximate surface area is 99.0 Å². The van der Waals surface area contributed by atoms with E-state index in [0.29, 0.717) is 0 Å². The standard InChI is InChI=1S/C14H23NO/c1-10-8-11(2)13(4)14(12(10)3)9-15-6-7-16-5/h8,15H,6-7,9H2,1-5H3. The molecule has 1 aromatic rings. The minimum Gasteiger partial charge on any atom is -0.383 e. The Morgan fingerprint density at radius 1 is 1.06 bits per heavy atom. The van der Waals surface area contributed by atoms with Crippen molar-refractivity contribution in [2.75, 3.05) is 20.3 Å². The van der Waals surface area contributed by atoms with Gasteiger partial charge in [-0.2, -0.15) is 0 Å². The van der Waals surface area contributed by atoms with Crippen LogP contribution in [0.15, 0.2) is 6.07 Å². The third-order valence-corrected chi connectivity index (χ3v) is 3.31. The topological polar surface area (TPSA) is 21.3 Å². The number of ether oxygens (including phenoxy) is 1. The molecule has 0 atom stereocenters. The van der Waals surface area contributed by atoms with E-state index >= 15 is 0 Å². The third kappa shape index (κ3) is 3.06. The van der Waals surface area contributed by atoms with Crippen molar-refractivity contribution in [2.45, 2.75) is 34.2 Å². The van der Waals surface area contributed by atoms with E-state index < -0.39 is 0 Å². The van der Waals surface area contributed by atoms with E-state index in [2.05, 4.69) is 39.1 Å². The van der Waals surface area contributed by atoms with Crippen LogP contribution in [0.4, 0.5) is 0 Å². The molecule has 16 heavy (non-hydrogen) atoms. The summed E-state index contributed by atoms with van der Waals surface area (Å²) in [7, 11) is 1.73. The lowest BCUT2D eigenvalue weighted by Gasteiger charge is -2.15. The molecule has 0 heterocycles. The first-order valence-electron chi connectivity index (χ1n) is 5.83. The van der Waals surface area contributed by atoms with Gasteiger partial charge < -0.3 is 10.1 Å². The molecule has 0 saturated carbocycles. The summed E-state index contributed by atoms with van der Waals surface area (Å²) >= 11 is 0. The van der Waals surface area contributed by atoms with Crippen LogP contribution in [0.25, 0.3) is 0 Å². The minimum atomic E-state index is 0.767. The van der Waals surface area contributed by atoms with Crippen molar-refractivity contribution in [1.29, 1.82) is 0 Å². The van der Waals surface area contributed by atoms with Crippen molar-refractivity contribution >= 4 is 0 Å². The number of hydrogen-bond donors (Lipinski definition) is 1. The number of benzene rings is 1. The van der Waals surface area contributed by atoms with Gasteiger partial charge >= 0.3 is 0 Å². The zero-order valence-corrected chi connectivity index (χ0v) is 11.1. The molecule has 0 spiro atoms. The van der Waals surface area contributed by atoms with Gasteiger partial charge in [-0.05, 0) is 55.5 Å². The molecule has 2 nitrogen and oxygen atoms in total. The highest BCUT2D eigenvalue weighted by Crippen LogP contribution is 2.21. The molecule has 0 aliphatic rings. The summed E-state index contributed by atoms with van der Waals surface area (Å²) in [6.45, 7) is 11.4. The number of hydrogen-bond acceptors (Lipinski definition) is 2. The molecule has 0 aliphatic carbocycles. The van der Waals surface area contributed by atoms with Gasteiger partial charge in [-0.3, -0.25) is 0 Å².